The molecule has 2 fully saturated rings. The van der Waals surface area contributed by atoms with Crippen molar-refractivity contribution < 1.29 is 9.53 Å². The van der Waals surface area contributed by atoms with E-state index in [1.54, 1.807) is 0 Å². The maximum atomic E-state index is 12.5. The summed E-state index contributed by atoms with van der Waals surface area (Å²) >= 11 is 0. The van der Waals surface area contributed by atoms with Crippen molar-refractivity contribution in [1.29, 1.82) is 0 Å². The van der Waals surface area contributed by atoms with E-state index in [9.17, 15) is 4.79 Å². The number of amides is 1. The Morgan fingerprint density at radius 2 is 1.77 bits per heavy atom. The molecule has 2 saturated heterocycles. The highest BCUT2D eigenvalue weighted by atomic mass is 16.5. The number of carbonyl (C=O) groups is 1. The number of para-hydroxylation sites is 1. The average molecular weight is 360 g/mol. The zero-order valence-electron chi connectivity index (χ0n) is 16.4. The lowest BCUT2D eigenvalue weighted by atomic mass is 9.94. The van der Waals surface area contributed by atoms with Crippen molar-refractivity contribution in [3.63, 3.8) is 0 Å². The molecule has 2 aliphatic heterocycles. The zero-order valence-corrected chi connectivity index (χ0v) is 16.4. The fourth-order valence-electron chi connectivity index (χ4n) is 4.26. The van der Waals surface area contributed by atoms with Crippen LogP contribution in [0.5, 0.6) is 0 Å². The highest BCUT2D eigenvalue weighted by molar-refractivity contribution is 5.94. The van der Waals surface area contributed by atoms with Crippen LogP contribution in [-0.4, -0.2) is 66.7 Å². The normalized spacial score (nSPS) is 27.2. The van der Waals surface area contributed by atoms with E-state index in [2.05, 4.69) is 29.0 Å². The molecule has 2 aliphatic rings. The molecule has 3 unspecified atom stereocenters. The van der Waals surface area contributed by atoms with Crippen molar-refractivity contribution >= 4 is 11.6 Å². The largest absolute Gasteiger partial charge is 0.373 e. The Labute approximate surface area is 157 Å². The van der Waals surface area contributed by atoms with Gasteiger partial charge in [0, 0.05) is 25.3 Å². The first-order chi connectivity index (χ1) is 12.5. The number of benzene rings is 1. The van der Waals surface area contributed by atoms with E-state index in [0.29, 0.717) is 12.2 Å². The first kappa shape index (κ1) is 19.3. The number of likely N-dealkylation sites (tertiary alicyclic amines) is 1. The van der Waals surface area contributed by atoms with Crippen molar-refractivity contribution in [1.82, 2.24) is 9.80 Å². The van der Waals surface area contributed by atoms with Gasteiger partial charge in [-0.2, -0.15) is 0 Å². The molecule has 3 atom stereocenters. The fraction of sp³-hybridized carbons (Fsp3) is 0.667. The summed E-state index contributed by atoms with van der Waals surface area (Å²) in [5.41, 5.74) is 0.870. The highest BCUT2D eigenvalue weighted by Crippen LogP contribution is 2.22. The topological polar surface area (TPSA) is 44.8 Å². The van der Waals surface area contributed by atoms with Gasteiger partial charge in [-0.25, -0.2) is 0 Å². The van der Waals surface area contributed by atoms with Crippen LogP contribution in [0.4, 0.5) is 5.69 Å². The monoisotopic (exact) mass is 359 g/mol. The molecule has 5 heteroatoms. The first-order valence-electron chi connectivity index (χ1n) is 9.99. The minimum absolute atomic E-state index is 0.0837. The molecule has 0 radical (unpaired) electrons. The third kappa shape index (κ3) is 5.29. The van der Waals surface area contributed by atoms with Gasteiger partial charge in [0.1, 0.15) is 0 Å². The van der Waals surface area contributed by atoms with Gasteiger partial charge in [0.05, 0.1) is 18.2 Å². The van der Waals surface area contributed by atoms with Gasteiger partial charge >= 0.3 is 0 Å². The van der Waals surface area contributed by atoms with Crippen molar-refractivity contribution in [2.45, 2.75) is 51.9 Å². The molecule has 0 bridgehead atoms. The number of morpholine rings is 1. The molecule has 144 valence electrons. The third-order valence-corrected chi connectivity index (χ3v) is 5.63. The molecule has 1 aromatic rings. The SMILES string of the molecule is CC1CN(CC2CCN(C(C)C(=O)Nc3ccccc3)CC2)CC(C)O1. The molecule has 1 aromatic carbocycles. The van der Waals surface area contributed by atoms with Gasteiger partial charge in [-0.15, -0.1) is 0 Å². The van der Waals surface area contributed by atoms with Crippen molar-refractivity contribution in [3.05, 3.63) is 30.3 Å². The number of anilines is 1. The van der Waals surface area contributed by atoms with Crippen LogP contribution in [0, 0.1) is 5.92 Å². The van der Waals surface area contributed by atoms with Crippen LogP contribution in [0.3, 0.4) is 0 Å². The number of nitrogens with one attached hydrogen (secondary N) is 1. The second kappa shape index (κ2) is 8.98. The zero-order chi connectivity index (χ0) is 18.5. The van der Waals surface area contributed by atoms with Crippen molar-refractivity contribution in [2.24, 2.45) is 5.92 Å². The van der Waals surface area contributed by atoms with Crippen LogP contribution in [0.1, 0.15) is 33.6 Å². The quantitative estimate of drug-likeness (QED) is 0.878. The lowest BCUT2D eigenvalue weighted by molar-refractivity contribution is -0.121. The van der Waals surface area contributed by atoms with E-state index >= 15 is 0 Å². The Kier molecular flexibility index (Phi) is 6.68. The number of rotatable bonds is 5. The van der Waals surface area contributed by atoms with Gasteiger partial charge in [-0.1, -0.05) is 18.2 Å². The van der Waals surface area contributed by atoms with Gasteiger partial charge in [-0.05, 0) is 64.8 Å². The maximum absolute atomic E-state index is 12.5. The summed E-state index contributed by atoms with van der Waals surface area (Å²) in [5, 5.41) is 3.02. The fourth-order valence-corrected chi connectivity index (χ4v) is 4.26. The minimum atomic E-state index is -0.0837. The summed E-state index contributed by atoms with van der Waals surface area (Å²) < 4.78 is 5.83. The standard InChI is InChI=1S/C21H33N3O2/c1-16-13-23(14-17(2)26-16)15-19-9-11-24(12-10-19)18(3)21(25)22-20-7-5-4-6-8-20/h4-8,16-19H,9-15H2,1-3H3,(H,22,25). The molecule has 5 nitrogen and oxygen atoms in total. The second-order valence-electron chi connectivity index (χ2n) is 7.99. The Morgan fingerprint density at radius 1 is 1.15 bits per heavy atom. The second-order valence-corrected chi connectivity index (χ2v) is 7.99. The molecule has 1 N–H and O–H groups in total. The van der Waals surface area contributed by atoms with E-state index in [1.807, 2.05) is 37.3 Å². The molecule has 0 aromatic heterocycles. The number of hydrogen-bond donors (Lipinski definition) is 1. The highest BCUT2D eigenvalue weighted by Gasteiger charge is 2.29. The summed E-state index contributed by atoms with van der Waals surface area (Å²) in [5.74, 6) is 0.818. The van der Waals surface area contributed by atoms with E-state index in [4.69, 9.17) is 4.74 Å². The van der Waals surface area contributed by atoms with Crippen molar-refractivity contribution in [3.8, 4) is 0 Å². The molecular formula is C21H33N3O2. The van der Waals surface area contributed by atoms with Crippen LogP contribution in [-0.2, 0) is 9.53 Å². The van der Waals surface area contributed by atoms with E-state index in [-0.39, 0.29) is 11.9 Å². The van der Waals surface area contributed by atoms with Gasteiger partial charge < -0.3 is 10.1 Å². The van der Waals surface area contributed by atoms with Gasteiger partial charge in [0.2, 0.25) is 5.91 Å². The molecule has 26 heavy (non-hydrogen) atoms. The van der Waals surface area contributed by atoms with Crippen LogP contribution in [0.2, 0.25) is 0 Å². The number of hydrogen-bond acceptors (Lipinski definition) is 4. The van der Waals surface area contributed by atoms with E-state index in [0.717, 1.165) is 44.3 Å². The lowest BCUT2D eigenvalue weighted by Crippen LogP contribution is -2.50. The summed E-state index contributed by atoms with van der Waals surface area (Å²) in [6.07, 6.45) is 3.01. The van der Waals surface area contributed by atoms with Crippen LogP contribution in [0.15, 0.2) is 30.3 Å². The Morgan fingerprint density at radius 3 is 2.38 bits per heavy atom. The molecule has 0 spiro atoms. The van der Waals surface area contributed by atoms with Crippen molar-refractivity contribution in [2.75, 3.05) is 38.0 Å². The van der Waals surface area contributed by atoms with Gasteiger partial charge in [-0.3, -0.25) is 14.6 Å². The average Bonchev–Trinajstić information content (AvgIpc) is 2.62. The molecule has 2 heterocycles. The third-order valence-electron chi connectivity index (χ3n) is 5.63. The van der Waals surface area contributed by atoms with Gasteiger partial charge in [0.25, 0.3) is 0 Å². The van der Waals surface area contributed by atoms with Crippen LogP contribution in [0.25, 0.3) is 0 Å². The van der Waals surface area contributed by atoms with Crippen LogP contribution < -0.4 is 5.32 Å². The molecule has 0 saturated carbocycles. The maximum Gasteiger partial charge on any atom is 0.241 e. The Bertz CT molecular complexity index is 562. The minimum Gasteiger partial charge on any atom is -0.373 e. The smallest absolute Gasteiger partial charge is 0.241 e. The molecular weight excluding hydrogens is 326 g/mol. The predicted molar refractivity (Wildman–Crippen MR) is 105 cm³/mol. The van der Waals surface area contributed by atoms with Gasteiger partial charge in [0.15, 0.2) is 0 Å². The summed E-state index contributed by atoms with van der Waals surface area (Å²) in [6.45, 7) is 11.6. The van der Waals surface area contributed by atoms with Crippen LogP contribution >= 0.6 is 0 Å². The Hall–Kier alpha value is -1.43. The van der Waals surface area contributed by atoms with E-state index < -0.39 is 0 Å². The number of ether oxygens (including phenoxy) is 1. The molecule has 3 rings (SSSR count). The summed E-state index contributed by atoms with van der Waals surface area (Å²) in [4.78, 5) is 17.4. The van der Waals surface area contributed by atoms with E-state index in [1.165, 1.54) is 12.8 Å². The molecule has 0 aliphatic carbocycles. The lowest BCUT2D eigenvalue weighted by Gasteiger charge is -2.40. The number of nitrogens with zero attached hydrogens (tertiary/aromatic N) is 2. The number of carbonyl (C=O) groups excluding carboxylic acids is 1. The summed E-state index contributed by atoms with van der Waals surface area (Å²) in [7, 11) is 0. The molecule has 1 amide bonds. The summed E-state index contributed by atoms with van der Waals surface area (Å²) in [6, 6.07) is 9.63. The Balaban J connectivity index is 1.43. The number of piperidine rings is 1. The predicted octanol–water partition coefficient (Wildman–Crippen LogP) is 2.83. The first-order valence-corrected chi connectivity index (χ1v) is 9.99.